The summed E-state index contributed by atoms with van der Waals surface area (Å²) >= 11 is 6.41. The van der Waals surface area contributed by atoms with Crippen molar-refractivity contribution < 1.29 is 9.72 Å². The first-order chi connectivity index (χ1) is 18.5. The van der Waals surface area contributed by atoms with Crippen LogP contribution in [0.1, 0.15) is 16.1 Å². The van der Waals surface area contributed by atoms with Crippen molar-refractivity contribution in [2.45, 2.75) is 0 Å². The molecule has 38 heavy (non-hydrogen) atoms. The van der Waals surface area contributed by atoms with Crippen molar-refractivity contribution in [1.82, 2.24) is 19.6 Å². The Kier molecular flexibility index (Phi) is 7.62. The molecule has 0 atom stereocenters. The largest absolute Gasteiger partial charge is 0.335 e. The number of halogens is 1. The van der Waals surface area contributed by atoms with E-state index in [9.17, 15) is 14.9 Å². The van der Waals surface area contributed by atoms with Crippen LogP contribution >= 0.6 is 11.6 Å². The first kappa shape index (κ1) is 25.4. The number of non-ortho nitro benzene ring substituents is 1. The van der Waals surface area contributed by atoms with E-state index in [1.54, 1.807) is 29.2 Å². The molecule has 0 unspecified atom stereocenters. The molecule has 0 aliphatic carbocycles. The number of hydrogen-bond acceptors (Lipinski definition) is 5. The van der Waals surface area contributed by atoms with Gasteiger partial charge in [-0.1, -0.05) is 78.4 Å². The lowest BCUT2D eigenvalue weighted by Crippen LogP contribution is -2.49. The van der Waals surface area contributed by atoms with E-state index in [0.29, 0.717) is 40.8 Å². The predicted molar refractivity (Wildman–Crippen MR) is 148 cm³/mol. The number of amides is 1. The first-order valence-electron chi connectivity index (χ1n) is 12.3. The molecule has 1 aromatic heterocycles. The minimum absolute atomic E-state index is 0.0761. The molecule has 4 aromatic rings. The number of nitro benzene ring substituents is 1. The standard InChI is InChI=1S/C29H26ClN5O3/c30-26-14-5-4-13-25(26)27-21-28(34(31-27)23-11-6-12-24(20-23)35(37)38)29(36)33-18-16-32(17-19-33)15-7-10-22-8-2-1-3-9-22/h1-14,20-21H,15-19H2. The maximum Gasteiger partial charge on any atom is 0.272 e. The predicted octanol–water partition coefficient (Wildman–Crippen LogP) is 5.57. The molecule has 2 heterocycles. The van der Waals surface area contributed by atoms with Gasteiger partial charge in [0.1, 0.15) is 5.69 Å². The summed E-state index contributed by atoms with van der Waals surface area (Å²) in [4.78, 5) is 28.7. The highest BCUT2D eigenvalue weighted by Crippen LogP contribution is 2.29. The molecule has 0 bridgehead atoms. The van der Waals surface area contributed by atoms with Crippen LogP contribution in [0.25, 0.3) is 23.0 Å². The van der Waals surface area contributed by atoms with Crippen LogP contribution in [0.2, 0.25) is 5.02 Å². The highest BCUT2D eigenvalue weighted by atomic mass is 35.5. The van der Waals surface area contributed by atoms with Gasteiger partial charge in [-0.05, 0) is 23.8 Å². The summed E-state index contributed by atoms with van der Waals surface area (Å²) in [6.45, 7) is 3.43. The fourth-order valence-electron chi connectivity index (χ4n) is 4.47. The SMILES string of the molecule is O=C(c1cc(-c2ccccc2Cl)nn1-c1cccc([N+](=O)[O-])c1)N1CCN(CC=Cc2ccccc2)CC1. The van der Waals surface area contributed by atoms with Crippen LogP contribution in [0.3, 0.4) is 0 Å². The lowest BCUT2D eigenvalue weighted by Gasteiger charge is -2.34. The number of benzene rings is 3. The number of carbonyl (C=O) groups is 1. The second kappa shape index (κ2) is 11.4. The number of hydrogen-bond donors (Lipinski definition) is 0. The van der Waals surface area contributed by atoms with Crippen LogP contribution in [0.15, 0.2) is 91.0 Å². The summed E-state index contributed by atoms with van der Waals surface area (Å²) in [5.74, 6) is -0.179. The average Bonchev–Trinajstić information content (AvgIpc) is 3.39. The summed E-state index contributed by atoms with van der Waals surface area (Å²) < 4.78 is 1.48. The topological polar surface area (TPSA) is 84.5 Å². The molecule has 9 heteroatoms. The molecule has 0 N–H and O–H groups in total. The monoisotopic (exact) mass is 527 g/mol. The summed E-state index contributed by atoms with van der Waals surface area (Å²) in [5, 5.41) is 16.5. The van der Waals surface area contributed by atoms with Crippen molar-refractivity contribution in [2.24, 2.45) is 0 Å². The van der Waals surface area contributed by atoms with Crippen LogP contribution in [0, 0.1) is 10.1 Å². The third-order valence-electron chi connectivity index (χ3n) is 6.50. The van der Waals surface area contributed by atoms with Crippen LogP contribution < -0.4 is 0 Å². The Bertz CT molecular complexity index is 1480. The Hall–Kier alpha value is -4.27. The maximum atomic E-state index is 13.7. The fraction of sp³-hybridized carbons (Fsp3) is 0.172. The van der Waals surface area contributed by atoms with E-state index >= 15 is 0 Å². The maximum absolute atomic E-state index is 13.7. The van der Waals surface area contributed by atoms with Crippen LogP contribution in [0.5, 0.6) is 0 Å². The number of aromatic nitrogens is 2. The third kappa shape index (κ3) is 5.66. The third-order valence-corrected chi connectivity index (χ3v) is 6.83. The highest BCUT2D eigenvalue weighted by molar-refractivity contribution is 6.33. The van der Waals surface area contributed by atoms with E-state index in [-0.39, 0.29) is 11.6 Å². The zero-order chi connectivity index (χ0) is 26.5. The molecule has 0 saturated carbocycles. The van der Waals surface area contributed by atoms with Crippen molar-refractivity contribution in [2.75, 3.05) is 32.7 Å². The number of nitro groups is 1. The van der Waals surface area contributed by atoms with Gasteiger partial charge >= 0.3 is 0 Å². The molecular formula is C29H26ClN5O3. The van der Waals surface area contributed by atoms with Gasteiger partial charge < -0.3 is 4.90 Å². The molecule has 8 nitrogen and oxygen atoms in total. The van der Waals surface area contributed by atoms with Gasteiger partial charge in [-0.2, -0.15) is 5.10 Å². The minimum Gasteiger partial charge on any atom is -0.335 e. The van der Waals surface area contributed by atoms with E-state index in [1.807, 2.05) is 36.4 Å². The molecule has 3 aromatic carbocycles. The van der Waals surface area contributed by atoms with Gasteiger partial charge in [0.05, 0.1) is 21.3 Å². The molecule has 1 saturated heterocycles. The van der Waals surface area contributed by atoms with Crippen molar-refractivity contribution in [3.8, 4) is 16.9 Å². The van der Waals surface area contributed by atoms with Gasteiger partial charge in [0.25, 0.3) is 11.6 Å². The number of piperazine rings is 1. The van der Waals surface area contributed by atoms with Gasteiger partial charge in [0.15, 0.2) is 0 Å². The number of rotatable bonds is 7. The van der Waals surface area contributed by atoms with Crippen molar-refractivity contribution in [3.63, 3.8) is 0 Å². The van der Waals surface area contributed by atoms with Crippen LogP contribution in [-0.4, -0.2) is 63.1 Å². The zero-order valence-corrected chi connectivity index (χ0v) is 21.4. The smallest absolute Gasteiger partial charge is 0.272 e. The quantitative estimate of drug-likeness (QED) is 0.232. The summed E-state index contributed by atoms with van der Waals surface area (Å²) in [6, 6.07) is 25.2. The molecule has 1 aliphatic rings. The summed E-state index contributed by atoms with van der Waals surface area (Å²) in [6.07, 6.45) is 4.24. The van der Waals surface area contributed by atoms with Gasteiger partial charge in [0, 0.05) is 50.4 Å². The number of carbonyl (C=O) groups excluding carboxylic acids is 1. The lowest BCUT2D eigenvalue weighted by atomic mass is 10.1. The summed E-state index contributed by atoms with van der Waals surface area (Å²) in [7, 11) is 0. The van der Waals surface area contributed by atoms with Crippen LogP contribution in [0.4, 0.5) is 5.69 Å². The summed E-state index contributed by atoms with van der Waals surface area (Å²) in [5.41, 5.74) is 3.05. The Morgan fingerprint density at radius 2 is 1.68 bits per heavy atom. The molecule has 192 valence electrons. The number of nitrogens with zero attached hydrogens (tertiary/aromatic N) is 5. The van der Waals surface area contributed by atoms with Gasteiger partial charge in [-0.25, -0.2) is 4.68 Å². The Morgan fingerprint density at radius 1 is 0.947 bits per heavy atom. The van der Waals surface area contributed by atoms with E-state index in [4.69, 9.17) is 11.6 Å². The molecule has 1 aliphatic heterocycles. The molecule has 0 radical (unpaired) electrons. The van der Waals surface area contributed by atoms with E-state index in [1.165, 1.54) is 16.8 Å². The van der Waals surface area contributed by atoms with Crippen LogP contribution in [-0.2, 0) is 0 Å². The zero-order valence-electron chi connectivity index (χ0n) is 20.6. The fourth-order valence-corrected chi connectivity index (χ4v) is 4.70. The Labute approximate surface area is 225 Å². The molecule has 1 amide bonds. The van der Waals surface area contributed by atoms with E-state index < -0.39 is 4.92 Å². The normalized spacial score (nSPS) is 14.2. The minimum atomic E-state index is -0.463. The average molecular weight is 528 g/mol. The first-order valence-corrected chi connectivity index (χ1v) is 12.7. The van der Waals surface area contributed by atoms with E-state index in [2.05, 4.69) is 34.3 Å². The molecule has 0 spiro atoms. The van der Waals surface area contributed by atoms with Gasteiger partial charge in [-0.15, -0.1) is 0 Å². The molecular weight excluding hydrogens is 502 g/mol. The second-order valence-corrected chi connectivity index (χ2v) is 9.40. The highest BCUT2D eigenvalue weighted by Gasteiger charge is 2.27. The Morgan fingerprint density at radius 3 is 2.42 bits per heavy atom. The lowest BCUT2D eigenvalue weighted by molar-refractivity contribution is -0.384. The van der Waals surface area contributed by atoms with Gasteiger partial charge in [-0.3, -0.25) is 19.8 Å². The van der Waals surface area contributed by atoms with Crippen molar-refractivity contribution >= 4 is 29.3 Å². The van der Waals surface area contributed by atoms with Gasteiger partial charge in [0.2, 0.25) is 0 Å². The van der Waals surface area contributed by atoms with E-state index in [0.717, 1.165) is 25.2 Å². The second-order valence-electron chi connectivity index (χ2n) is 8.99. The Balaban J connectivity index is 1.37. The molecule has 1 fully saturated rings. The van der Waals surface area contributed by atoms with Crippen molar-refractivity contribution in [3.05, 3.63) is 117 Å². The van der Waals surface area contributed by atoms with Crippen molar-refractivity contribution in [1.29, 1.82) is 0 Å². The molecule has 5 rings (SSSR count).